The van der Waals surface area contributed by atoms with Crippen molar-refractivity contribution in [2.75, 3.05) is 14.1 Å². The van der Waals surface area contributed by atoms with Gasteiger partial charge in [-0.2, -0.15) is 0 Å². The largest absolute Gasteiger partial charge is 0.451 e. The molecule has 2 N–H and O–H groups in total. The third-order valence-electron chi connectivity index (χ3n) is 4.29. The zero-order chi connectivity index (χ0) is 21.0. The van der Waals surface area contributed by atoms with Crippen molar-refractivity contribution in [3.63, 3.8) is 0 Å². The van der Waals surface area contributed by atoms with E-state index in [1.54, 1.807) is 12.1 Å². The fraction of sp³-hybridized carbons (Fsp3) is 0.190. The van der Waals surface area contributed by atoms with Crippen LogP contribution in [0.5, 0.6) is 0 Å². The summed E-state index contributed by atoms with van der Waals surface area (Å²) in [5.74, 6) is 0.156. The van der Waals surface area contributed by atoms with E-state index in [-0.39, 0.29) is 22.4 Å². The van der Waals surface area contributed by atoms with E-state index in [4.69, 9.17) is 16.0 Å². The highest BCUT2D eigenvalue weighted by Crippen LogP contribution is 2.32. The minimum absolute atomic E-state index is 0.110. The van der Waals surface area contributed by atoms with Crippen molar-refractivity contribution in [2.24, 2.45) is 0 Å². The van der Waals surface area contributed by atoms with Crippen molar-refractivity contribution in [2.45, 2.75) is 13.1 Å². The lowest BCUT2D eigenvalue weighted by atomic mass is 10.1. The van der Waals surface area contributed by atoms with Crippen LogP contribution < -0.4 is 10.2 Å². The number of nitro benzene ring substituents is 1. The average molecular weight is 415 g/mol. The number of nitrogens with one attached hydrogen (secondary N) is 2. The highest BCUT2D eigenvalue weighted by Gasteiger charge is 2.16. The van der Waals surface area contributed by atoms with Crippen molar-refractivity contribution in [3.8, 4) is 11.3 Å². The Morgan fingerprint density at radius 1 is 1.10 bits per heavy atom. The van der Waals surface area contributed by atoms with Gasteiger partial charge in [-0.15, -0.1) is 0 Å². The topological polar surface area (TPSA) is 89.8 Å². The number of nitro groups is 1. The normalized spacial score (nSPS) is 10.9. The van der Waals surface area contributed by atoms with Crippen molar-refractivity contribution in [1.29, 1.82) is 0 Å². The number of carbonyl (C=O) groups is 1. The molecule has 3 aromatic rings. The number of carbonyl (C=O) groups excluding carboxylic acids is 1. The van der Waals surface area contributed by atoms with E-state index >= 15 is 0 Å². The number of non-ortho nitro benzene ring substituents is 1. The SMILES string of the molecule is C[NH+](C)Cc1ccc(CNC(=O)c2ccc(-c3ccc([N+](=O)[O-])cc3Cl)o2)cc1. The van der Waals surface area contributed by atoms with Crippen molar-refractivity contribution < 1.29 is 19.0 Å². The summed E-state index contributed by atoms with van der Waals surface area (Å²) >= 11 is 6.12. The number of hydrogen-bond acceptors (Lipinski definition) is 4. The third-order valence-corrected chi connectivity index (χ3v) is 4.61. The van der Waals surface area contributed by atoms with Crippen LogP contribution in [0, 0.1) is 10.1 Å². The second-order valence-corrected chi connectivity index (χ2v) is 7.38. The lowest BCUT2D eigenvalue weighted by Gasteiger charge is -2.08. The van der Waals surface area contributed by atoms with Crippen LogP contribution in [0.4, 0.5) is 5.69 Å². The summed E-state index contributed by atoms with van der Waals surface area (Å²) < 4.78 is 5.59. The van der Waals surface area contributed by atoms with Gasteiger partial charge in [0.15, 0.2) is 5.76 Å². The molecule has 0 saturated heterocycles. The first-order valence-electron chi connectivity index (χ1n) is 9.02. The molecule has 0 unspecified atom stereocenters. The van der Waals surface area contributed by atoms with E-state index in [2.05, 4.69) is 31.5 Å². The van der Waals surface area contributed by atoms with Gasteiger partial charge >= 0.3 is 0 Å². The van der Waals surface area contributed by atoms with Gasteiger partial charge in [0.2, 0.25) is 0 Å². The van der Waals surface area contributed by atoms with Gasteiger partial charge in [0.1, 0.15) is 12.3 Å². The molecule has 1 amide bonds. The Kier molecular flexibility index (Phi) is 6.31. The van der Waals surface area contributed by atoms with Gasteiger partial charge in [0, 0.05) is 29.8 Å². The van der Waals surface area contributed by atoms with E-state index in [1.807, 2.05) is 12.1 Å². The lowest BCUT2D eigenvalue weighted by Crippen LogP contribution is -3.04. The molecule has 0 aliphatic carbocycles. The van der Waals surface area contributed by atoms with E-state index < -0.39 is 4.92 Å². The molecule has 0 radical (unpaired) electrons. The van der Waals surface area contributed by atoms with Crippen LogP contribution in [-0.4, -0.2) is 24.9 Å². The van der Waals surface area contributed by atoms with Gasteiger partial charge in [-0.05, 0) is 23.8 Å². The molecular formula is C21H21ClN3O4+. The standard InChI is InChI=1S/C21H20ClN3O4/c1-24(2)13-15-5-3-14(4-6-15)12-23-21(26)20-10-9-19(29-20)17-8-7-16(25(27)28)11-18(17)22/h3-11H,12-13H2,1-2H3,(H,23,26)/p+1. The number of halogens is 1. The van der Waals surface area contributed by atoms with Gasteiger partial charge in [0.05, 0.1) is 24.0 Å². The number of rotatable bonds is 7. The Morgan fingerprint density at radius 3 is 2.41 bits per heavy atom. The molecule has 0 aliphatic rings. The first-order valence-corrected chi connectivity index (χ1v) is 9.40. The molecular weight excluding hydrogens is 394 g/mol. The minimum Gasteiger partial charge on any atom is -0.451 e. The molecule has 2 aromatic carbocycles. The van der Waals surface area contributed by atoms with E-state index in [1.165, 1.54) is 28.7 Å². The van der Waals surface area contributed by atoms with Crippen LogP contribution in [-0.2, 0) is 13.1 Å². The molecule has 1 heterocycles. The molecule has 8 heteroatoms. The van der Waals surface area contributed by atoms with Gasteiger partial charge in [-0.1, -0.05) is 35.9 Å². The molecule has 0 fully saturated rings. The van der Waals surface area contributed by atoms with Crippen LogP contribution in [0.25, 0.3) is 11.3 Å². The highest BCUT2D eigenvalue weighted by atomic mass is 35.5. The number of nitrogens with zero attached hydrogens (tertiary/aromatic N) is 1. The van der Waals surface area contributed by atoms with Crippen molar-refractivity contribution in [3.05, 3.63) is 86.6 Å². The minimum atomic E-state index is -0.523. The molecule has 0 aliphatic heterocycles. The van der Waals surface area contributed by atoms with Crippen molar-refractivity contribution >= 4 is 23.2 Å². The molecule has 7 nitrogen and oxygen atoms in total. The molecule has 29 heavy (non-hydrogen) atoms. The van der Waals surface area contributed by atoms with Gasteiger partial charge in [-0.3, -0.25) is 14.9 Å². The molecule has 3 rings (SSSR count). The zero-order valence-electron chi connectivity index (χ0n) is 16.1. The second kappa shape index (κ2) is 8.89. The predicted molar refractivity (Wildman–Crippen MR) is 110 cm³/mol. The Hall–Kier alpha value is -3.16. The number of hydrogen-bond donors (Lipinski definition) is 2. The number of benzene rings is 2. The van der Waals surface area contributed by atoms with E-state index in [0.717, 1.165) is 12.1 Å². The first kappa shape index (κ1) is 20.6. The Morgan fingerprint density at radius 2 is 1.79 bits per heavy atom. The highest BCUT2D eigenvalue weighted by molar-refractivity contribution is 6.33. The summed E-state index contributed by atoms with van der Waals surface area (Å²) in [4.78, 5) is 24.0. The van der Waals surface area contributed by atoms with Crippen molar-refractivity contribution in [1.82, 2.24) is 5.32 Å². The number of amides is 1. The van der Waals surface area contributed by atoms with Gasteiger partial charge in [0.25, 0.3) is 11.6 Å². The third kappa shape index (κ3) is 5.22. The molecule has 1 aromatic heterocycles. The van der Waals surface area contributed by atoms with Crippen LogP contribution in [0.15, 0.2) is 59.0 Å². The average Bonchev–Trinajstić information content (AvgIpc) is 3.16. The Labute approximate surface area is 173 Å². The van der Waals surface area contributed by atoms with Gasteiger partial charge < -0.3 is 14.6 Å². The molecule has 0 spiro atoms. The summed E-state index contributed by atoms with van der Waals surface area (Å²) in [6, 6.07) is 15.3. The molecule has 0 saturated carbocycles. The Bertz CT molecular complexity index is 1030. The molecule has 150 valence electrons. The van der Waals surface area contributed by atoms with Crippen LogP contribution >= 0.6 is 11.6 Å². The van der Waals surface area contributed by atoms with Crippen LogP contribution in [0.2, 0.25) is 5.02 Å². The maximum atomic E-state index is 12.4. The summed E-state index contributed by atoms with van der Waals surface area (Å²) in [7, 11) is 4.19. The monoisotopic (exact) mass is 414 g/mol. The van der Waals surface area contributed by atoms with E-state index in [0.29, 0.717) is 17.9 Å². The number of furan rings is 1. The molecule has 0 bridgehead atoms. The smallest absolute Gasteiger partial charge is 0.287 e. The summed E-state index contributed by atoms with van der Waals surface area (Å²) in [6.07, 6.45) is 0. The summed E-state index contributed by atoms with van der Waals surface area (Å²) in [6.45, 7) is 1.31. The maximum absolute atomic E-state index is 12.4. The fourth-order valence-electron chi connectivity index (χ4n) is 2.87. The lowest BCUT2D eigenvalue weighted by molar-refractivity contribution is -0.872. The van der Waals surface area contributed by atoms with Gasteiger partial charge in [-0.25, -0.2) is 0 Å². The number of quaternary nitrogens is 1. The maximum Gasteiger partial charge on any atom is 0.287 e. The fourth-order valence-corrected chi connectivity index (χ4v) is 3.14. The first-order chi connectivity index (χ1) is 13.8. The van der Waals surface area contributed by atoms with Crippen LogP contribution in [0.3, 0.4) is 0 Å². The predicted octanol–water partition coefficient (Wildman–Crippen LogP) is 3.08. The second-order valence-electron chi connectivity index (χ2n) is 6.97. The summed E-state index contributed by atoms with van der Waals surface area (Å²) in [5, 5.41) is 13.8. The Balaban J connectivity index is 1.64. The quantitative estimate of drug-likeness (QED) is 0.459. The zero-order valence-corrected chi connectivity index (χ0v) is 16.8. The van der Waals surface area contributed by atoms with E-state index in [9.17, 15) is 14.9 Å². The summed E-state index contributed by atoms with van der Waals surface area (Å²) in [5.41, 5.74) is 2.59. The molecule has 0 atom stereocenters. The van der Waals surface area contributed by atoms with Crippen LogP contribution in [0.1, 0.15) is 21.7 Å².